The van der Waals surface area contributed by atoms with E-state index in [-0.39, 0.29) is 24.0 Å². The maximum absolute atomic E-state index is 5.80. The van der Waals surface area contributed by atoms with Crippen molar-refractivity contribution in [2.45, 2.75) is 34.2 Å². The van der Waals surface area contributed by atoms with Gasteiger partial charge in [-0.1, -0.05) is 29.8 Å². The molecule has 3 N–H and O–H groups in total. The third kappa shape index (κ3) is 6.09. The molecule has 0 saturated heterocycles. The summed E-state index contributed by atoms with van der Waals surface area (Å²) in [6.45, 7) is 13.4. The van der Waals surface area contributed by atoms with Gasteiger partial charge in [0, 0.05) is 6.54 Å². The highest BCUT2D eigenvalue weighted by molar-refractivity contribution is 14.0. The van der Waals surface area contributed by atoms with E-state index in [0.29, 0.717) is 19.0 Å². The Morgan fingerprint density at radius 1 is 1.26 bits per heavy atom. The molecular formula is C15H24IN3. The highest BCUT2D eigenvalue weighted by Gasteiger charge is 2.03. The summed E-state index contributed by atoms with van der Waals surface area (Å²) in [5.74, 6) is 0.470. The summed E-state index contributed by atoms with van der Waals surface area (Å²) in [5.41, 5.74) is 11.9. The summed E-state index contributed by atoms with van der Waals surface area (Å²) in [7, 11) is 0. The monoisotopic (exact) mass is 373 g/mol. The van der Waals surface area contributed by atoms with Crippen molar-refractivity contribution >= 4 is 29.9 Å². The van der Waals surface area contributed by atoms with Crippen molar-refractivity contribution in [3.05, 3.63) is 46.5 Å². The maximum atomic E-state index is 5.80. The predicted molar refractivity (Wildman–Crippen MR) is 94.2 cm³/mol. The van der Waals surface area contributed by atoms with Gasteiger partial charge in [0.25, 0.3) is 0 Å². The van der Waals surface area contributed by atoms with Crippen LogP contribution in [0.1, 0.15) is 29.2 Å². The molecule has 1 aromatic carbocycles. The zero-order valence-corrected chi connectivity index (χ0v) is 14.5. The van der Waals surface area contributed by atoms with E-state index in [1.165, 1.54) is 22.3 Å². The van der Waals surface area contributed by atoms with E-state index in [1.807, 2.05) is 6.92 Å². The lowest BCUT2D eigenvalue weighted by atomic mass is 10.00. The quantitative estimate of drug-likeness (QED) is 0.369. The molecular weight excluding hydrogens is 349 g/mol. The summed E-state index contributed by atoms with van der Waals surface area (Å²) >= 11 is 0. The Morgan fingerprint density at radius 2 is 1.79 bits per heavy atom. The number of benzene rings is 1. The normalized spacial score (nSPS) is 10.8. The third-order valence-electron chi connectivity index (χ3n) is 2.82. The lowest BCUT2D eigenvalue weighted by Gasteiger charge is -2.10. The number of nitrogens with one attached hydrogen (secondary N) is 1. The van der Waals surface area contributed by atoms with Crippen LogP contribution in [0.15, 0.2) is 29.3 Å². The van der Waals surface area contributed by atoms with Crippen molar-refractivity contribution in [1.82, 2.24) is 5.32 Å². The molecule has 0 aliphatic heterocycles. The van der Waals surface area contributed by atoms with Gasteiger partial charge in [0.05, 0.1) is 6.54 Å². The van der Waals surface area contributed by atoms with Crippen LogP contribution in [0.25, 0.3) is 0 Å². The highest BCUT2D eigenvalue weighted by Crippen LogP contribution is 2.17. The lowest BCUT2D eigenvalue weighted by molar-refractivity contribution is 0.932. The molecule has 0 spiro atoms. The highest BCUT2D eigenvalue weighted by atomic mass is 127. The molecule has 106 valence electrons. The van der Waals surface area contributed by atoms with Crippen molar-refractivity contribution in [3.63, 3.8) is 0 Å². The van der Waals surface area contributed by atoms with Gasteiger partial charge in [-0.05, 0) is 44.4 Å². The van der Waals surface area contributed by atoms with E-state index >= 15 is 0 Å². The van der Waals surface area contributed by atoms with Gasteiger partial charge >= 0.3 is 0 Å². The number of nitrogens with zero attached hydrogens (tertiary/aromatic N) is 1. The number of guanidine groups is 1. The molecule has 1 aromatic rings. The van der Waals surface area contributed by atoms with E-state index < -0.39 is 0 Å². The third-order valence-corrected chi connectivity index (χ3v) is 2.82. The number of aliphatic imine (C=N–C) groups is 1. The van der Waals surface area contributed by atoms with Crippen LogP contribution < -0.4 is 11.1 Å². The molecule has 0 aromatic heterocycles. The number of rotatable bonds is 4. The molecule has 0 atom stereocenters. The minimum absolute atomic E-state index is 0. The maximum Gasteiger partial charge on any atom is 0.189 e. The standard InChI is InChI=1S/C15H23N3.HI/c1-10(2)8-17-15(16)18-9-14-12(4)6-11(3)7-13(14)5;/h6-7H,1,8-9H2,2-5H3,(H3,16,17,18);1H. The fraction of sp³-hybridized carbons (Fsp3) is 0.400. The van der Waals surface area contributed by atoms with Gasteiger partial charge in [0.15, 0.2) is 5.96 Å². The van der Waals surface area contributed by atoms with Crippen molar-refractivity contribution < 1.29 is 0 Å². The Kier molecular flexibility index (Phi) is 7.75. The molecule has 0 bridgehead atoms. The van der Waals surface area contributed by atoms with E-state index in [1.54, 1.807) is 0 Å². The Bertz CT molecular complexity index is 455. The molecule has 1 rings (SSSR count). The number of aryl methyl sites for hydroxylation is 3. The Hall–Kier alpha value is -1.04. The van der Waals surface area contributed by atoms with Gasteiger partial charge in [-0.25, -0.2) is 4.99 Å². The average Bonchev–Trinajstić information content (AvgIpc) is 2.24. The van der Waals surface area contributed by atoms with E-state index in [9.17, 15) is 0 Å². The second-order valence-electron chi connectivity index (χ2n) is 4.89. The minimum atomic E-state index is 0. The molecule has 0 aliphatic rings. The molecule has 0 saturated carbocycles. The van der Waals surface area contributed by atoms with Crippen molar-refractivity contribution in [2.75, 3.05) is 6.54 Å². The molecule has 0 fully saturated rings. The Morgan fingerprint density at radius 3 is 2.26 bits per heavy atom. The fourth-order valence-corrected chi connectivity index (χ4v) is 1.92. The lowest BCUT2D eigenvalue weighted by Crippen LogP contribution is -2.32. The van der Waals surface area contributed by atoms with Crippen LogP contribution in [0.3, 0.4) is 0 Å². The van der Waals surface area contributed by atoms with Crippen LogP contribution >= 0.6 is 24.0 Å². The average molecular weight is 373 g/mol. The van der Waals surface area contributed by atoms with Crippen LogP contribution in [0.4, 0.5) is 0 Å². The van der Waals surface area contributed by atoms with E-state index in [0.717, 1.165) is 5.57 Å². The summed E-state index contributed by atoms with van der Waals surface area (Å²) in [6, 6.07) is 4.35. The van der Waals surface area contributed by atoms with Gasteiger partial charge in [-0.3, -0.25) is 0 Å². The molecule has 0 radical (unpaired) electrons. The summed E-state index contributed by atoms with van der Waals surface area (Å²) in [6.07, 6.45) is 0. The zero-order chi connectivity index (χ0) is 13.7. The van der Waals surface area contributed by atoms with Gasteiger partial charge in [-0.2, -0.15) is 0 Å². The first-order valence-electron chi connectivity index (χ1n) is 6.15. The largest absolute Gasteiger partial charge is 0.370 e. The predicted octanol–water partition coefficient (Wildman–Crippen LogP) is 3.21. The van der Waals surface area contributed by atoms with Crippen molar-refractivity contribution in [1.29, 1.82) is 0 Å². The van der Waals surface area contributed by atoms with Crippen LogP contribution in [-0.4, -0.2) is 12.5 Å². The van der Waals surface area contributed by atoms with Crippen LogP contribution in [0, 0.1) is 20.8 Å². The van der Waals surface area contributed by atoms with Crippen molar-refractivity contribution in [2.24, 2.45) is 10.7 Å². The molecule has 3 nitrogen and oxygen atoms in total. The summed E-state index contributed by atoms with van der Waals surface area (Å²) in [4.78, 5) is 4.36. The van der Waals surface area contributed by atoms with Gasteiger partial charge < -0.3 is 11.1 Å². The first-order valence-corrected chi connectivity index (χ1v) is 6.15. The topological polar surface area (TPSA) is 50.4 Å². The zero-order valence-electron chi connectivity index (χ0n) is 12.2. The Balaban J connectivity index is 0.00000324. The second kappa shape index (κ2) is 8.19. The molecule has 4 heteroatoms. The molecule has 19 heavy (non-hydrogen) atoms. The molecule has 0 aliphatic carbocycles. The van der Waals surface area contributed by atoms with Gasteiger partial charge in [0.1, 0.15) is 0 Å². The first kappa shape index (κ1) is 18.0. The Labute approximate surface area is 133 Å². The van der Waals surface area contributed by atoms with E-state index in [2.05, 4.69) is 49.8 Å². The number of nitrogens with two attached hydrogens (primary N) is 1. The number of halogens is 1. The van der Waals surface area contributed by atoms with Crippen LogP contribution in [-0.2, 0) is 6.54 Å². The smallest absolute Gasteiger partial charge is 0.189 e. The summed E-state index contributed by atoms with van der Waals surface area (Å²) < 4.78 is 0. The van der Waals surface area contributed by atoms with Gasteiger partial charge in [0.2, 0.25) is 0 Å². The fourth-order valence-electron chi connectivity index (χ4n) is 1.92. The summed E-state index contributed by atoms with van der Waals surface area (Å²) in [5, 5.41) is 3.03. The van der Waals surface area contributed by atoms with E-state index in [4.69, 9.17) is 5.73 Å². The van der Waals surface area contributed by atoms with Crippen LogP contribution in [0.2, 0.25) is 0 Å². The SMILES string of the molecule is C=C(C)CNC(N)=NCc1c(C)cc(C)cc1C.I. The first-order chi connectivity index (χ1) is 8.40. The minimum Gasteiger partial charge on any atom is -0.370 e. The second-order valence-corrected chi connectivity index (χ2v) is 4.89. The molecule has 0 heterocycles. The number of hydrogen-bond acceptors (Lipinski definition) is 1. The van der Waals surface area contributed by atoms with Gasteiger partial charge in [-0.15, -0.1) is 24.0 Å². The van der Waals surface area contributed by atoms with Crippen LogP contribution in [0.5, 0.6) is 0 Å². The number of hydrogen-bond donors (Lipinski definition) is 2. The molecule has 0 unspecified atom stereocenters. The van der Waals surface area contributed by atoms with Crippen molar-refractivity contribution in [3.8, 4) is 0 Å². The molecule has 0 amide bonds.